The Kier molecular flexibility index (Phi) is 5.01. The first kappa shape index (κ1) is 18.8. The third-order valence-electron chi connectivity index (χ3n) is 3.27. The van der Waals surface area contributed by atoms with Crippen molar-refractivity contribution in [2.45, 2.75) is 38.0 Å². The summed E-state index contributed by atoms with van der Waals surface area (Å²) < 4.78 is 64.4. The highest BCUT2D eigenvalue weighted by Crippen LogP contribution is 2.45. The lowest BCUT2D eigenvalue weighted by Gasteiger charge is -2.23. The molecule has 0 aliphatic heterocycles. The number of rotatable bonds is 4. The second-order valence-corrected chi connectivity index (χ2v) is 5.03. The molecule has 23 heavy (non-hydrogen) atoms. The van der Waals surface area contributed by atoms with Crippen LogP contribution >= 0.6 is 0 Å². The smallest absolute Gasteiger partial charge is 0.380 e. The zero-order valence-electron chi connectivity index (χ0n) is 12.1. The van der Waals surface area contributed by atoms with Gasteiger partial charge in [-0.1, -0.05) is 6.92 Å². The summed E-state index contributed by atoms with van der Waals surface area (Å²) in [5.41, 5.74) is -4.64. The average molecular weight is 336 g/mol. The number of hydrogen-bond donors (Lipinski definition) is 2. The molecule has 2 N–H and O–H groups in total. The molecule has 0 fully saturated rings. The molecule has 1 unspecified atom stereocenters. The van der Waals surface area contributed by atoms with Crippen molar-refractivity contribution in [3.05, 3.63) is 29.3 Å². The maximum atomic E-state index is 13.5. The summed E-state index contributed by atoms with van der Waals surface area (Å²) in [6.45, 7) is 2.65. The van der Waals surface area contributed by atoms with Gasteiger partial charge in [0.2, 0.25) is 0 Å². The molecule has 1 rings (SSSR count). The molecule has 9 heteroatoms. The number of halogens is 5. The highest BCUT2D eigenvalue weighted by molar-refractivity contribution is 5.96. The van der Waals surface area contributed by atoms with Crippen molar-refractivity contribution in [3.63, 3.8) is 0 Å². The van der Waals surface area contributed by atoms with Crippen LogP contribution in [-0.2, 0) is 10.7 Å². The quantitative estimate of drug-likeness (QED) is 0.829. The molecule has 1 aromatic carbocycles. The number of amides is 1. The van der Waals surface area contributed by atoms with Gasteiger partial charge in [-0.3, -0.25) is 4.79 Å². The standard InChI is InChI=1S/C14H13F5N2O2/c1-3-12(2,23)11(22)21-9-5-4-8(7-20)10(6-9)13(15,16)14(17,18)19/h4-6,23H,3H2,1-2H3,(H,21,22). The van der Waals surface area contributed by atoms with Gasteiger partial charge in [0, 0.05) is 5.69 Å². The molecular weight excluding hydrogens is 323 g/mol. The Bertz CT molecular complexity index is 648. The predicted molar refractivity (Wildman–Crippen MR) is 70.7 cm³/mol. The van der Waals surface area contributed by atoms with Crippen LogP contribution in [-0.4, -0.2) is 22.8 Å². The Morgan fingerprint density at radius 2 is 1.87 bits per heavy atom. The third kappa shape index (κ3) is 3.76. The molecule has 1 atom stereocenters. The summed E-state index contributed by atoms with van der Waals surface area (Å²) in [7, 11) is 0. The molecule has 0 aromatic heterocycles. The largest absolute Gasteiger partial charge is 0.458 e. The lowest BCUT2D eigenvalue weighted by molar-refractivity contribution is -0.289. The molecule has 0 saturated heterocycles. The van der Waals surface area contributed by atoms with Crippen LogP contribution in [0.5, 0.6) is 0 Å². The summed E-state index contributed by atoms with van der Waals surface area (Å²) in [6.07, 6.45) is -5.89. The Morgan fingerprint density at radius 1 is 1.30 bits per heavy atom. The molecular formula is C14H13F5N2O2. The molecule has 1 aromatic rings. The maximum Gasteiger partial charge on any atom is 0.458 e. The first-order valence-electron chi connectivity index (χ1n) is 6.39. The summed E-state index contributed by atoms with van der Waals surface area (Å²) in [4.78, 5) is 11.7. The van der Waals surface area contributed by atoms with Crippen LogP contribution in [0.1, 0.15) is 31.4 Å². The molecule has 126 valence electrons. The van der Waals surface area contributed by atoms with E-state index in [4.69, 9.17) is 5.26 Å². The fraction of sp³-hybridized carbons (Fsp3) is 0.429. The van der Waals surface area contributed by atoms with E-state index in [1.54, 1.807) is 0 Å². The van der Waals surface area contributed by atoms with Crippen LogP contribution < -0.4 is 5.32 Å². The van der Waals surface area contributed by atoms with Gasteiger partial charge in [-0.05, 0) is 31.5 Å². The van der Waals surface area contributed by atoms with E-state index in [0.29, 0.717) is 6.07 Å². The molecule has 0 radical (unpaired) electrons. The second-order valence-electron chi connectivity index (χ2n) is 5.03. The fourth-order valence-electron chi connectivity index (χ4n) is 1.56. The van der Waals surface area contributed by atoms with E-state index in [9.17, 15) is 31.9 Å². The van der Waals surface area contributed by atoms with Crippen molar-refractivity contribution >= 4 is 11.6 Å². The summed E-state index contributed by atoms with van der Waals surface area (Å²) in [6, 6.07) is 3.36. The summed E-state index contributed by atoms with van der Waals surface area (Å²) in [5.74, 6) is -6.22. The Morgan fingerprint density at radius 3 is 2.30 bits per heavy atom. The summed E-state index contributed by atoms with van der Waals surface area (Å²) in [5, 5.41) is 20.5. The van der Waals surface area contributed by atoms with Gasteiger partial charge in [0.25, 0.3) is 5.91 Å². The van der Waals surface area contributed by atoms with E-state index in [-0.39, 0.29) is 12.1 Å². The van der Waals surface area contributed by atoms with Crippen LogP contribution in [0, 0.1) is 11.3 Å². The minimum absolute atomic E-state index is 0.000675. The van der Waals surface area contributed by atoms with Gasteiger partial charge in [-0.25, -0.2) is 0 Å². The number of nitriles is 1. The molecule has 0 spiro atoms. The minimum atomic E-state index is -5.89. The van der Waals surface area contributed by atoms with Crippen molar-refractivity contribution < 1.29 is 31.9 Å². The first-order valence-corrected chi connectivity index (χ1v) is 6.39. The van der Waals surface area contributed by atoms with Crippen molar-refractivity contribution in [3.8, 4) is 6.07 Å². The molecule has 0 aliphatic rings. The number of hydrogen-bond acceptors (Lipinski definition) is 3. The monoisotopic (exact) mass is 336 g/mol. The molecule has 1 amide bonds. The van der Waals surface area contributed by atoms with E-state index >= 15 is 0 Å². The molecule has 0 saturated carbocycles. The van der Waals surface area contributed by atoms with E-state index in [0.717, 1.165) is 19.1 Å². The van der Waals surface area contributed by atoms with Gasteiger partial charge in [0.15, 0.2) is 0 Å². The van der Waals surface area contributed by atoms with Gasteiger partial charge in [-0.2, -0.15) is 27.2 Å². The predicted octanol–water partition coefficient (Wildman–Crippen LogP) is 3.31. The van der Waals surface area contributed by atoms with Crippen molar-refractivity contribution in [2.75, 3.05) is 5.32 Å². The van der Waals surface area contributed by atoms with Crippen molar-refractivity contribution in [1.29, 1.82) is 5.26 Å². The lowest BCUT2D eigenvalue weighted by atomic mass is 9.99. The Labute approximate surface area is 128 Å². The average Bonchev–Trinajstić information content (AvgIpc) is 2.45. The van der Waals surface area contributed by atoms with E-state index in [1.165, 1.54) is 13.0 Å². The SMILES string of the molecule is CCC(C)(O)C(=O)Nc1ccc(C#N)c(C(F)(F)C(F)(F)F)c1. The van der Waals surface area contributed by atoms with Gasteiger partial charge < -0.3 is 10.4 Å². The number of nitrogens with zero attached hydrogens (tertiary/aromatic N) is 1. The number of carbonyl (C=O) groups is 1. The summed E-state index contributed by atoms with van der Waals surface area (Å²) >= 11 is 0. The lowest BCUT2D eigenvalue weighted by Crippen LogP contribution is -2.39. The van der Waals surface area contributed by atoms with Gasteiger partial charge >= 0.3 is 12.1 Å². The molecule has 0 aliphatic carbocycles. The minimum Gasteiger partial charge on any atom is -0.380 e. The molecule has 0 heterocycles. The Hall–Kier alpha value is -2.21. The van der Waals surface area contributed by atoms with E-state index in [2.05, 4.69) is 0 Å². The van der Waals surface area contributed by atoms with Crippen LogP contribution in [0.25, 0.3) is 0 Å². The highest BCUT2D eigenvalue weighted by Gasteiger charge is 2.59. The number of carbonyl (C=O) groups excluding carboxylic acids is 1. The third-order valence-corrected chi connectivity index (χ3v) is 3.27. The van der Waals surface area contributed by atoms with Crippen LogP contribution in [0.2, 0.25) is 0 Å². The number of benzene rings is 1. The zero-order chi connectivity index (χ0) is 18.1. The number of aliphatic hydroxyl groups is 1. The maximum absolute atomic E-state index is 13.5. The Balaban J connectivity index is 3.30. The van der Waals surface area contributed by atoms with Crippen molar-refractivity contribution in [1.82, 2.24) is 0 Å². The molecule has 4 nitrogen and oxygen atoms in total. The zero-order valence-corrected chi connectivity index (χ0v) is 12.1. The van der Waals surface area contributed by atoms with Crippen LogP contribution in [0.4, 0.5) is 27.6 Å². The van der Waals surface area contributed by atoms with Crippen LogP contribution in [0.3, 0.4) is 0 Å². The van der Waals surface area contributed by atoms with Gasteiger partial charge in [0.1, 0.15) is 5.60 Å². The number of anilines is 1. The molecule has 0 bridgehead atoms. The second kappa shape index (κ2) is 6.12. The first-order chi connectivity index (χ1) is 10.4. The number of nitrogens with one attached hydrogen (secondary N) is 1. The van der Waals surface area contributed by atoms with Gasteiger partial charge in [-0.15, -0.1) is 0 Å². The topological polar surface area (TPSA) is 73.1 Å². The highest BCUT2D eigenvalue weighted by atomic mass is 19.4. The van der Waals surface area contributed by atoms with E-state index < -0.39 is 34.7 Å². The number of alkyl halides is 5. The van der Waals surface area contributed by atoms with E-state index in [1.807, 2.05) is 5.32 Å². The van der Waals surface area contributed by atoms with Crippen molar-refractivity contribution in [2.24, 2.45) is 0 Å². The normalized spacial score (nSPS) is 14.7. The van der Waals surface area contributed by atoms with Crippen LogP contribution in [0.15, 0.2) is 18.2 Å². The van der Waals surface area contributed by atoms with Gasteiger partial charge in [0.05, 0.1) is 17.2 Å². The fourth-order valence-corrected chi connectivity index (χ4v) is 1.56.